The van der Waals surface area contributed by atoms with Crippen LogP contribution in [0.1, 0.15) is 24.3 Å². The maximum atomic E-state index is 11.6. The molecule has 0 amide bonds. The Morgan fingerprint density at radius 3 is 2.93 bits per heavy atom. The number of nitrogens with zero attached hydrogens (tertiary/aromatic N) is 2. The summed E-state index contributed by atoms with van der Waals surface area (Å²) in [5, 5.41) is 0.873. The highest BCUT2D eigenvalue weighted by Crippen LogP contribution is 2.26. The van der Waals surface area contributed by atoms with Crippen LogP contribution in [0.5, 0.6) is 0 Å². The normalized spacial score (nSPS) is 11.1. The van der Waals surface area contributed by atoms with Crippen LogP contribution in [-0.4, -0.2) is 34.3 Å². The smallest absolute Gasteiger partial charge is 0.356 e. The van der Waals surface area contributed by atoms with Crippen LogP contribution in [0.4, 0.5) is 0 Å². The van der Waals surface area contributed by atoms with Crippen molar-refractivity contribution in [1.82, 2.24) is 9.32 Å². The summed E-state index contributed by atoms with van der Waals surface area (Å²) in [6.07, 6.45) is 4.54. The van der Waals surface area contributed by atoms with Crippen molar-refractivity contribution in [3.05, 3.63) is 11.9 Å². The van der Waals surface area contributed by atoms with Crippen molar-refractivity contribution in [3.63, 3.8) is 0 Å². The number of thioether (sulfide) groups is 1. The highest BCUT2D eigenvalue weighted by Gasteiger charge is 2.16. The van der Waals surface area contributed by atoms with E-state index in [4.69, 9.17) is 4.74 Å². The van der Waals surface area contributed by atoms with Crippen molar-refractivity contribution in [1.29, 1.82) is 0 Å². The van der Waals surface area contributed by atoms with E-state index in [1.807, 2.05) is 10.6 Å². The van der Waals surface area contributed by atoms with E-state index in [9.17, 15) is 4.79 Å². The van der Waals surface area contributed by atoms with Crippen molar-refractivity contribution < 1.29 is 9.53 Å². The number of ether oxygens (including phenoxy) is 1. The highest BCUT2D eigenvalue weighted by atomic mass is 32.2. The van der Waals surface area contributed by atoms with Gasteiger partial charge in [0.1, 0.15) is 0 Å². The van der Waals surface area contributed by atoms with Crippen LogP contribution in [0.3, 0.4) is 0 Å². The van der Waals surface area contributed by atoms with Crippen molar-refractivity contribution in [2.45, 2.75) is 19.0 Å². The molecule has 4 nitrogen and oxygen atoms in total. The van der Waals surface area contributed by atoms with E-state index in [1.165, 1.54) is 0 Å². The van der Waals surface area contributed by atoms with E-state index in [2.05, 4.69) is 11.9 Å². The summed E-state index contributed by atoms with van der Waals surface area (Å²) in [4.78, 5) is 15.8. The zero-order chi connectivity index (χ0) is 11.3. The fourth-order valence-corrected chi connectivity index (χ4v) is 2.87. The van der Waals surface area contributed by atoms with Crippen LogP contribution in [-0.2, 0) is 4.74 Å². The Morgan fingerprint density at radius 2 is 2.40 bits per heavy atom. The lowest BCUT2D eigenvalue weighted by Gasteiger charge is -2.08. The fraction of sp³-hybridized carbons (Fsp3) is 0.556. The summed E-state index contributed by atoms with van der Waals surface area (Å²) >= 11 is 1.54. The third kappa shape index (κ3) is 2.95. The van der Waals surface area contributed by atoms with Crippen LogP contribution >= 0.6 is 20.5 Å². The fourth-order valence-electron chi connectivity index (χ4n) is 1.14. The molecule has 1 rings (SSSR count). The number of aromatic nitrogens is 2. The summed E-state index contributed by atoms with van der Waals surface area (Å²) in [5.41, 5.74) is 0.557. The van der Waals surface area contributed by atoms with Gasteiger partial charge in [0.2, 0.25) is 0 Å². The molecule has 0 aliphatic carbocycles. The maximum absolute atomic E-state index is 11.6. The molecule has 1 atom stereocenters. The minimum absolute atomic E-state index is 0.286. The Hall–Kier alpha value is -0.540. The zero-order valence-electron chi connectivity index (χ0n) is 9.11. The minimum Gasteiger partial charge on any atom is -0.461 e. The molecule has 15 heavy (non-hydrogen) atoms. The van der Waals surface area contributed by atoms with Crippen LogP contribution in [0.15, 0.2) is 11.4 Å². The molecule has 1 unspecified atom stereocenters. The number of rotatable bonds is 5. The highest BCUT2D eigenvalue weighted by molar-refractivity contribution is 7.98. The van der Waals surface area contributed by atoms with E-state index < -0.39 is 0 Å². The molecule has 0 aromatic carbocycles. The number of carbonyl (C=O) groups is 1. The number of esters is 1. The number of hydrogen-bond acceptors (Lipinski definition) is 4. The lowest BCUT2D eigenvalue weighted by Crippen LogP contribution is -2.08. The molecule has 0 aliphatic rings. The Kier molecular flexibility index (Phi) is 5.12. The monoisotopic (exact) mass is 246 g/mol. The molecule has 0 radical (unpaired) electrons. The molecule has 1 aromatic rings. The lowest BCUT2D eigenvalue weighted by atomic mass is 10.5. The van der Waals surface area contributed by atoms with E-state index >= 15 is 0 Å². The van der Waals surface area contributed by atoms with Crippen LogP contribution < -0.4 is 0 Å². The second-order valence-electron chi connectivity index (χ2n) is 2.70. The quantitative estimate of drug-likeness (QED) is 0.454. The number of carbonyl (C=O) groups excluding carboxylic acids is 1. The molecule has 0 spiro atoms. The molecule has 1 aromatic heterocycles. The zero-order valence-corrected chi connectivity index (χ0v) is 10.9. The SMILES string of the molecule is CCOC(=O)c1cnc(SC)n1PCC. The minimum atomic E-state index is -0.286. The molecule has 1 heterocycles. The first-order valence-electron chi connectivity index (χ1n) is 4.77. The Morgan fingerprint density at radius 1 is 1.67 bits per heavy atom. The van der Waals surface area contributed by atoms with Gasteiger partial charge < -0.3 is 4.74 Å². The van der Waals surface area contributed by atoms with Gasteiger partial charge in [0.05, 0.1) is 12.8 Å². The first kappa shape index (κ1) is 12.5. The molecular weight excluding hydrogens is 231 g/mol. The summed E-state index contributed by atoms with van der Waals surface area (Å²) in [5.74, 6) is -0.286. The molecule has 0 saturated carbocycles. The third-order valence-corrected chi connectivity index (χ3v) is 3.61. The van der Waals surface area contributed by atoms with Gasteiger partial charge in [0.15, 0.2) is 10.9 Å². The summed E-state index contributed by atoms with van der Waals surface area (Å²) < 4.78 is 6.90. The first-order valence-corrected chi connectivity index (χ1v) is 7.15. The van der Waals surface area contributed by atoms with Crippen molar-refractivity contribution in [3.8, 4) is 0 Å². The van der Waals surface area contributed by atoms with E-state index in [1.54, 1.807) is 24.9 Å². The van der Waals surface area contributed by atoms with Gasteiger partial charge in [-0.1, -0.05) is 18.7 Å². The largest absolute Gasteiger partial charge is 0.461 e. The van der Waals surface area contributed by atoms with Gasteiger partial charge in [-0.15, -0.1) is 0 Å². The second kappa shape index (κ2) is 6.13. The van der Waals surface area contributed by atoms with Gasteiger partial charge in [-0.25, -0.2) is 9.78 Å². The van der Waals surface area contributed by atoms with Gasteiger partial charge >= 0.3 is 5.97 Å². The molecule has 6 heteroatoms. The Labute approximate surface area is 95.6 Å². The van der Waals surface area contributed by atoms with Crippen LogP contribution in [0.2, 0.25) is 0 Å². The lowest BCUT2D eigenvalue weighted by molar-refractivity contribution is 0.0518. The van der Waals surface area contributed by atoms with Crippen molar-refractivity contribution in [2.24, 2.45) is 0 Å². The van der Waals surface area contributed by atoms with E-state index in [0.717, 1.165) is 11.3 Å². The first-order chi connectivity index (χ1) is 7.24. The molecular formula is C9H15N2O2PS. The third-order valence-electron chi connectivity index (χ3n) is 1.71. The van der Waals surface area contributed by atoms with Crippen LogP contribution in [0, 0.1) is 0 Å². The summed E-state index contributed by atoms with van der Waals surface area (Å²) in [6, 6.07) is 0. The Balaban J connectivity index is 2.95. The van der Waals surface area contributed by atoms with E-state index in [0.29, 0.717) is 21.0 Å². The summed E-state index contributed by atoms with van der Waals surface area (Å²) in [6.45, 7) is 4.28. The van der Waals surface area contributed by atoms with Gasteiger partial charge in [-0.2, -0.15) is 0 Å². The van der Waals surface area contributed by atoms with Gasteiger partial charge in [-0.05, 0) is 28.1 Å². The second-order valence-corrected chi connectivity index (χ2v) is 4.94. The molecule has 0 fully saturated rings. The van der Waals surface area contributed by atoms with E-state index in [-0.39, 0.29) is 5.97 Å². The van der Waals surface area contributed by atoms with Gasteiger partial charge in [0, 0.05) is 0 Å². The van der Waals surface area contributed by atoms with Gasteiger partial charge in [-0.3, -0.25) is 4.34 Å². The van der Waals surface area contributed by atoms with Crippen molar-refractivity contribution >= 4 is 26.5 Å². The van der Waals surface area contributed by atoms with Gasteiger partial charge in [0.25, 0.3) is 0 Å². The molecule has 0 N–H and O–H groups in total. The number of imidazole rings is 1. The average molecular weight is 246 g/mol. The maximum Gasteiger partial charge on any atom is 0.356 e. The predicted octanol–water partition coefficient (Wildman–Crippen LogP) is 2.24. The topological polar surface area (TPSA) is 44.1 Å². The molecule has 0 bridgehead atoms. The van der Waals surface area contributed by atoms with Crippen LogP contribution in [0.25, 0.3) is 0 Å². The predicted molar refractivity (Wildman–Crippen MR) is 64.2 cm³/mol. The molecule has 84 valence electrons. The van der Waals surface area contributed by atoms with Crippen molar-refractivity contribution in [2.75, 3.05) is 19.0 Å². The average Bonchev–Trinajstić information content (AvgIpc) is 2.62. The molecule has 0 aliphatic heterocycles. The summed E-state index contributed by atoms with van der Waals surface area (Å²) in [7, 11) is 0.546. The molecule has 0 saturated heterocycles. The standard InChI is InChI=1S/C9H15N2O2PS/c1-4-13-8(12)7-6-10-9(15-3)11(7)14-5-2/h6,14H,4-5H2,1-3H3. The Bertz CT molecular complexity index is 341. The number of hydrogen-bond donors (Lipinski definition) is 0.